The number of carbonyl (C=O) groups is 1. The van der Waals surface area contributed by atoms with Gasteiger partial charge in [0.1, 0.15) is 5.75 Å². The topological polar surface area (TPSA) is 42.8 Å². The van der Waals surface area contributed by atoms with Gasteiger partial charge < -0.3 is 15.0 Å². The van der Waals surface area contributed by atoms with Crippen molar-refractivity contribution in [3.63, 3.8) is 0 Å². The van der Waals surface area contributed by atoms with Crippen molar-refractivity contribution in [1.82, 2.24) is 0 Å². The number of likely N-dealkylation sites (tertiary alicyclic amines) is 1. The van der Waals surface area contributed by atoms with E-state index in [4.69, 9.17) is 16.3 Å². The zero-order valence-corrected chi connectivity index (χ0v) is 14.2. The van der Waals surface area contributed by atoms with Gasteiger partial charge in [-0.3, -0.25) is 4.79 Å². The third-order valence-electron chi connectivity index (χ3n) is 4.42. The monoisotopic (exact) mass is 325 g/mol. The molecule has 0 unspecified atom stereocenters. The fourth-order valence-electron chi connectivity index (χ4n) is 2.97. The van der Waals surface area contributed by atoms with Gasteiger partial charge in [-0.25, -0.2) is 0 Å². The minimum Gasteiger partial charge on any atom is -0.495 e. The predicted molar refractivity (Wildman–Crippen MR) is 89.9 cm³/mol. The molecular formula is C17H26ClN2O2+. The Balaban J connectivity index is 1.96. The molecule has 0 aromatic heterocycles. The third kappa shape index (κ3) is 4.62. The van der Waals surface area contributed by atoms with Crippen LogP contribution in [-0.4, -0.2) is 32.1 Å². The number of carbonyl (C=O) groups excluding carboxylic acids is 1. The maximum Gasteiger partial charge on any atom is 0.282 e. The van der Waals surface area contributed by atoms with E-state index in [2.05, 4.69) is 5.32 Å². The molecule has 1 heterocycles. The first-order valence-corrected chi connectivity index (χ1v) is 8.48. The van der Waals surface area contributed by atoms with E-state index < -0.39 is 0 Å². The van der Waals surface area contributed by atoms with Crippen molar-refractivity contribution in [3.8, 4) is 5.75 Å². The van der Waals surface area contributed by atoms with Crippen LogP contribution in [0.15, 0.2) is 18.2 Å². The van der Waals surface area contributed by atoms with Crippen molar-refractivity contribution >= 4 is 23.2 Å². The van der Waals surface area contributed by atoms with Crippen molar-refractivity contribution in [2.24, 2.45) is 0 Å². The van der Waals surface area contributed by atoms with Crippen molar-refractivity contribution in [2.75, 3.05) is 25.5 Å². The van der Waals surface area contributed by atoms with Crippen LogP contribution in [0.3, 0.4) is 0 Å². The van der Waals surface area contributed by atoms with Gasteiger partial charge in [-0.2, -0.15) is 0 Å². The number of halogens is 1. The molecule has 0 bridgehead atoms. The molecule has 1 aliphatic heterocycles. The van der Waals surface area contributed by atoms with Gasteiger partial charge in [-0.1, -0.05) is 18.0 Å². The Morgan fingerprint density at radius 2 is 1.86 bits per heavy atom. The number of hydrogen-bond acceptors (Lipinski definition) is 2. The van der Waals surface area contributed by atoms with Gasteiger partial charge in [0.2, 0.25) is 0 Å². The fourth-order valence-corrected chi connectivity index (χ4v) is 3.23. The number of benzene rings is 1. The van der Waals surface area contributed by atoms with Crippen LogP contribution in [0.4, 0.5) is 5.69 Å². The molecule has 0 aliphatic carbocycles. The maximum absolute atomic E-state index is 12.5. The second kappa shape index (κ2) is 8.39. The molecule has 122 valence electrons. The Labute approximate surface area is 137 Å². The van der Waals surface area contributed by atoms with E-state index in [0.717, 1.165) is 13.1 Å². The summed E-state index contributed by atoms with van der Waals surface area (Å²) in [5.74, 6) is 0.666. The van der Waals surface area contributed by atoms with Crippen LogP contribution in [0.2, 0.25) is 5.02 Å². The first-order valence-electron chi connectivity index (χ1n) is 8.11. The molecule has 2 N–H and O–H groups in total. The number of rotatable bonds is 4. The number of amides is 1. The standard InChI is InChI=1S/C17H25ClN2O2/c1-13(20-10-6-4-3-5-7-11-20)17(21)19-14-8-9-16(22-2)15(18)12-14/h8-9,12-13H,3-7,10-11H2,1-2H3,(H,19,21)/p+1/t13-/m1/s1. The highest BCUT2D eigenvalue weighted by Gasteiger charge is 2.25. The van der Waals surface area contributed by atoms with Crippen LogP contribution in [0, 0.1) is 0 Å². The first-order chi connectivity index (χ1) is 10.6. The average Bonchev–Trinajstić information content (AvgIpc) is 2.46. The molecule has 1 aromatic rings. The van der Waals surface area contributed by atoms with Crippen molar-refractivity contribution in [2.45, 2.75) is 45.1 Å². The number of methoxy groups -OCH3 is 1. The van der Waals surface area contributed by atoms with Crippen LogP contribution in [-0.2, 0) is 4.79 Å². The predicted octanol–water partition coefficient (Wildman–Crippen LogP) is 2.52. The molecule has 1 amide bonds. The summed E-state index contributed by atoms with van der Waals surface area (Å²) in [6.07, 6.45) is 6.32. The molecule has 0 spiro atoms. The van der Waals surface area contributed by atoms with E-state index >= 15 is 0 Å². The van der Waals surface area contributed by atoms with Gasteiger partial charge in [0.25, 0.3) is 5.91 Å². The zero-order chi connectivity index (χ0) is 15.9. The molecular weight excluding hydrogens is 300 g/mol. The molecule has 4 nitrogen and oxygen atoms in total. The summed E-state index contributed by atoms with van der Waals surface area (Å²) in [6, 6.07) is 5.27. The lowest BCUT2D eigenvalue weighted by molar-refractivity contribution is -0.914. The molecule has 22 heavy (non-hydrogen) atoms. The lowest BCUT2D eigenvalue weighted by Crippen LogP contribution is -3.16. The summed E-state index contributed by atoms with van der Waals surface area (Å²) >= 11 is 6.10. The number of nitrogens with one attached hydrogen (secondary N) is 2. The Morgan fingerprint density at radius 3 is 2.45 bits per heavy atom. The smallest absolute Gasteiger partial charge is 0.282 e. The molecule has 0 radical (unpaired) electrons. The van der Waals surface area contributed by atoms with Gasteiger partial charge in [-0.15, -0.1) is 0 Å². The maximum atomic E-state index is 12.5. The van der Waals surface area contributed by atoms with Crippen LogP contribution in [0.25, 0.3) is 0 Å². The van der Waals surface area contributed by atoms with Crippen LogP contribution >= 0.6 is 11.6 Å². The normalized spacial score (nSPS) is 18.1. The van der Waals surface area contributed by atoms with Crippen LogP contribution < -0.4 is 15.0 Å². The summed E-state index contributed by atoms with van der Waals surface area (Å²) in [6.45, 7) is 4.17. The van der Waals surface area contributed by atoms with E-state index in [1.165, 1.54) is 37.0 Å². The fraction of sp³-hybridized carbons (Fsp3) is 0.588. The Kier molecular flexibility index (Phi) is 6.52. The Morgan fingerprint density at radius 1 is 1.23 bits per heavy atom. The SMILES string of the molecule is COc1ccc(NC(=O)[C@@H](C)[NH+]2CCCCCCC2)cc1Cl. The minimum absolute atomic E-state index is 0.0426. The Bertz CT molecular complexity index is 499. The van der Waals surface area contributed by atoms with Crippen LogP contribution in [0.1, 0.15) is 39.0 Å². The first kappa shape index (κ1) is 17.1. The van der Waals surface area contributed by atoms with Crippen LogP contribution in [0.5, 0.6) is 5.75 Å². The molecule has 1 fully saturated rings. The summed E-state index contributed by atoms with van der Waals surface area (Å²) in [5.41, 5.74) is 0.717. The summed E-state index contributed by atoms with van der Waals surface area (Å²) < 4.78 is 5.12. The van der Waals surface area contributed by atoms with E-state index in [1.54, 1.807) is 19.2 Å². The van der Waals surface area contributed by atoms with E-state index in [-0.39, 0.29) is 11.9 Å². The van der Waals surface area contributed by atoms with Gasteiger partial charge in [0.05, 0.1) is 25.2 Å². The van der Waals surface area contributed by atoms with Gasteiger partial charge in [-0.05, 0) is 50.8 Å². The molecule has 1 saturated heterocycles. The largest absolute Gasteiger partial charge is 0.495 e. The highest BCUT2D eigenvalue weighted by atomic mass is 35.5. The number of anilines is 1. The molecule has 0 saturated carbocycles. The highest BCUT2D eigenvalue weighted by Crippen LogP contribution is 2.27. The number of quaternary nitrogens is 1. The van der Waals surface area contributed by atoms with Gasteiger partial charge in [0.15, 0.2) is 6.04 Å². The lowest BCUT2D eigenvalue weighted by atomic mass is 10.1. The molecule has 2 rings (SSSR count). The molecule has 1 atom stereocenters. The second-order valence-corrected chi connectivity index (χ2v) is 6.39. The van der Waals surface area contributed by atoms with Gasteiger partial charge in [0, 0.05) is 5.69 Å². The quantitative estimate of drug-likeness (QED) is 0.893. The van der Waals surface area contributed by atoms with Crippen molar-refractivity contribution in [3.05, 3.63) is 23.2 Å². The summed E-state index contributed by atoms with van der Waals surface area (Å²) in [4.78, 5) is 13.9. The number of hydrogen-bond donors (Lipinski definition) is 2. The van der Waals surface area contributed by atoms with Crippen molar-refractivity contribution in [1.29, 1.82) is 0 Å². The van der Waals surface area contributed by atoms with Crippen molar-refractivity contribution < 1.29 is 14.4 Å². The second-order valence-electron chi connectivity index (χ2n) is 5.99. The van der Waals surface area contributed by atoms with E-state index in [1.807, 2.05) is 13.0 Å². The zero-order valence-electron chi connectivity index (χ0n) is 13.5. The van der Waals surface area contributed by atoms with Gasteiger partial charge >= 0.3 is 0 Å². The molecule has 1 aliphatic rings. The highest BCUT2D eigenvalue weighted by molar-refractivity contribution is 6.32. The van der Waals surface area contributed by atoms with E-state index in [9.17, 15) is 4.79 Å². The Hall–Kier alpha value is -1.26. The number of ether oxygens (including phenoxy) is 1. The average molecular weight is 326 g/mol. The third-order valence-corrected chi connectivity index (χ3v) is 4.72. The summed E-state index contributed by atoms with van der Waals surface area (Å²) in [7, 11) is 1.58. The lowest BCUT2D eigenvalue weighted by Gasteiger charge is -2.27. The molecule has 5 heteroatoms. The summed E-state index contributed by atoms with van der Waals surface area (Å²) in [5, 5.41) is 3.47. The molecule has 1 aromatic carbocycles. The van der Waals surface area contributed by atoms with E-state index in [0.29, 0.717) is 16.5 Å². The minimum atomic E-state index is -0.0426.